The fraction of sp³-hybridized carbons (Fsp3) is 0.500. The third kappa shape index (κ3) is 6.27. The monoisotopic (exact) mass is 321 g/mol. The zero-order chi connectivity index (χ0) is 12.5. The smallest absolute Gasteiger partial charge is 0.0639 e. The molecule has 0 fully saturated rings. The van der Waals surface area contributed by atoms with Crippen LogP contribution < -0.4 is 5.32 Å². The third-order valence-corrected chi connectivity index (χ3v) is 3.02. The predicted molar refractivity (Wildman–Crippen MR) is 75.0 cm³/mol. The van der Waals surface area contributed by atoms with E-state index in [1.807, 2.05) is 18.2 Å². The van der Waals surface area contributed by atoms with Crippen LogP contribution in [0.15, 0.2) is 22.7 Å². The van der Waals surface area contributed by atoms with E-state index in [1.54, 1.807) is 7.11 Å². The van der Waals surface area contributed by atoms with Crippen LogP contribution in [0.25, 0.3) is 0 Å². The number of methoxy groups -OCH3 is 1. The molecular weight excluding hydrogens is 305 g/mol. The van der Waals surface area contributed by atoms with Gasteiger partial charge in [-0.15, -0.1) is 0 Å². The van der Waals surface area contributed by atoms with Crippen molar-refractivity contribution in [2.24, 2.45) is 0 Å². The molecule has 0 unspecified atom stereocenters. The summed E-state index contributed by atoms with van der Waals surface area (Å²) < 4.78 is 11.3. The molecule has 1 rings (SSSR count). The molecule has 0 aliphatic heterocycles. The van der Waals surface area contributed by atoms with Crippen molar-refractivity contribution in [3.8, 4) is 0 Å². The van der Waals surface area contributed by atoms with Crippen LogP contribution in [-0.4, -0.2) is 33.5 Å². The number of hydrogen-bond donors (Lipinski definition) is 1. The lowest BCUT2D eigenvalue weighted by Crippen LogP contribution is -2.11. The van der Waals surface area contributed by atoms with Crippen molar-refractivity contribution in [1.29, 1.82) is 0 Å². The molecule has 0 aliphatic carbocycles. The second kappa shape index (κ2) is 8.75. The summed E-state index contributed by atoms with van der Waals surface area (Å²) in [5.41, 5.74) is 1.02. The Hall–Kier alpha value is -0.290. The van der Waals surface area contributed by atoms with Gasteiger partial charge in [0.1, 0.15) is 0 Å². The van der Waals surface area contributed by atoms with E-state index >= 15 is 0 Å². The van der Waals surface area contributed by atoms with E-state index in [-0.39, 0.29) is 0 Å². The molecule has 0 saturated carbocycles. The Bertz CT molecular complexity index is 336. The van der Waals surface area contributed by atoms with Gasteiger partial charge in [0.2, 0.25) is 0 Å². The third-order valence-electron chi connectivity index (χ3n) is 2.13. The van der Waals surface area contributed by atoms with Crippen LogP contribution in [0.4, 0.5) is 5.69 Å². The van der Waals surface area contributed by atoms with Gasteiger partial charge in [-0.3, -0.25) is 0 Å². The fourth-order valence-electron chi connectivity index (χ4n) is 1.30. The van der Waals surface area contributed by atoms with E-state index in [0.29, 0.717) is 6.61 Å². The van der Waals surface area contributed by atoms with E-state index < -0.39 is 0 Å². The Morgan fingerprint density at radius 1 is 1.29 bits per heavy atom. The summed E-state index contributed by atoms with van der Waals surface area (Å²) in [5.74, 6) is 0. The highest BCUT2D eigenvalue weighted by atomic mass is 79.9. The van der Waals surface area contributed by atoms with Crippen LogP contribution in [0.2, 0.25) is 5.02 Å². The predicted octanol–water partition coefficient (Wildman–Crippen LogP) is 3.57. The molecule has 0 amide bonds. The highest BCUT2D eigenvalue weighted by Gasteiger charge is 1.99. The van der Waals surface area contributed by atoms with E-state index in [9.17, 15) is 0 Å². The Balaban J connectivity index is 2.14. The Labute approximate surface area is 116 Å². The molecule has 0 atom stereocenters. The van der Waals surface area contributed by atoms with Crippen molar-refractivity contribution in [3.05, 3.63) is 27.7 Å². The molecular formula is C12H17BrClNO2. The molecule has 1 aromatic carbocycles. The fourth-order valence-corrected chi connectivity index (χ4v) is 2.12. The maximum atomic E-state index is 5.85. The normalized spacial score (nSPS) is 10.5. The van der Waals surface area contributed by atoms with Crippen molar-refractivity contribution in [1.82, 2.24) is 0 Å². The molecule has 96 valence electrons. The first kappa shape index (κ1) is 14.8. The Morgan fingerprint density at radius 3 is 2.82 bits per heavy atom. The minimum absolute atomic E-state index is 0.679. The quantitative estimate of drug-likeness (QED) is 0.742. The lowest BCUT2D eigenvalue weighted by atomic mass is 10.3. The van der Waals surface area contributed by atoms with E-state index in [1.165, 1.54) is 0 Å². The first-order valence-electron chi connectivity index (χ1n) is 5.49. The minimum atomic E-state index is 0.679. The number of nitrogens with one attached hydrogen (secondary N) is 1. The van der Waals surface area contributed by atoms with E-state index in [4.69, 9.17) is 21.1 Å². The molecule has 0 aromatic heterocycles. The SMILES string of the molecule is COCCCOCCNc1ccc(Cl)cc1Br. The van der Waals surface area contributed by atoms with E-state index in [2.05, 4.69) is 21.2 Å². The second-order valence-corrected chi connectivity index (χ2v) is 4.80. The zero-order valence-corrected chi connectivity index (χ0v) is 12.2. The molecule has 1 aromatic rings. The van der Waals surface area contributed by atoms with Crippen LogP contribution in [0.5, 0.6) is 0 Å². The number of rotatable bonds is 8. The summed E-state index contributed by atoms with van der Waals surface area (Å²) in [6, 6.07) is 5.66. The summed E-state index contributed by atoms with van der Waals surface area (Å²) in [5, 5.41) is 3.99. The van der Waals surface area contributed by atoms with Gasteiger partial charge in [-0.25, -0.2) is 0 Å². The summed E-state index contributed by atoms with van der Waals surface area (Å²) in [6.07, 6.45) is 0.932. The summed E-state index contributed by atoms with van der Waals surface area (Å²) in [4.78, 5) is 0. The van der Waals surface area contributed by atoms with Crippen LogP contribution >= 0.6 is 27.5 Å². The van der Waals surface area contributed by atoms with Crippen molar-refractivity contribution < 1.29 is 9.47 Å². The van der Waals surface area contributed by atoms with Crippen molar-refractivity contribution in [2.75, 3.05) is 38.8 Å². The maximum Gasteiger partial charge on any atom is 0.0639 e. The average molecular weight is 323 g/mol. The largest absolute Gasteiger partial charge is 0.385 e. The molecule has 0 radical (unpaired) electrons. The molecule has 3 nitrogen and oxygen atoms in total. The van der Waals surface area contributed by atoms with Crippen molar-refractivity contribution >= 4 is 33.2 Å². The summed E-state index contributed by atoms with van der Waals surface area (Å²) >= 11 is 9.30. The van der Waals surface area contributed by atoms with Gasteiger partial charge in [0.05, 0.1) is 6.61 Å². The molecule has 5 heteroatoms. The topological polar surface area (TPSA) is 30.5 Å². The van der Waals surface area contributed by atoms with Gasteiger partial charge >= 0.3 is 0 Å². The number of ether oxygens (including phenoxy) is 2. The van der Waals surface area contributed by atoms with Crippen LogP contribution in [0.3, 0.4) is 0 Å². The Kier molecular flexibility index (Phi) is 7.60. The molecule has 17 heavy (non-hydrogen) atoms. The van der Waals surface area contributed by atoms with Gasteiger partial charge in [0.15, 0.2) is 0 Å². The first-order valence-corrected chi connectivity index (χ1v) is 6.66. The van der Waals surface area contributed by atoms with Gasteiger partial charge in [-0.1, -0.05) is 11.6 Å². The van der Waals surface area contributed by atoms with Crippen LogP contribution in [0.1, 0.15) is 6.42 Å². The zero-order valence-electron chi connectivity index (χ0n) is 9.84. The lowest BCUT2D eigenvalue weighted by molar-refractivity contribution is 0.109. The summed E-state index contributed by atoms with van der Waals surface area (Å²) in [7, 11) is 1.69. The van der Waals surface area contributed by atoms with Gasteiger partial charge in [-0.05, 0) is 40.5 Å². The molecule has 0 heterocycles. The average Bonchev–Trinajstić information content (AvgIpc) is 2.30. The Morgan fingerprint density at radius 2 is 2.12 bits per heavy atom. The number of halogens is 2. The number of hydrogen-bond acceptors (Lipinski definition) is 3. The van der Waals surface area contributed by atoms with Crippen molar-refractivity contribution in [2.45, 2.75) is 6.42 Å². The van der Waals surface area contributed by atoms with Crippen LogP contribution in [0, 0.1) is 0 Å². The van der Waals surface area contributed by atoms with Gasteiger partial charge in [0.25, 0.3) is 0 Å². The first-order chi connectivity index (χ1) is 8.24. The molecule has 1 N–H and O–H groups in total. The molecule has 0 saturated heterocycles. The van der Waals surface area contributed by atoms with E-state index in [0.717, 1.165) is 41.4 Å². The van der Waals surface area contributed by atoms with Crippen molar-refractivity contribution in [3.63, 3.8) is 0 Å². The standard InChI is InChI=1S/C12H17BrClNO2/c1-16-6-2-7-17-8-5-15-12-4-3-10(14)9-11(12)13/h3-4,9,15H,2,5-8H2,1H3. The highest BCUT2D eigenvalue weighted by molar-refractivity contribution is 9.10. The highest BCUT2D eigenvalue weighted by Crippen LogP contribution is 2.25. The van der Waals surface area contributed by atoms with Gasteiger partial charge in [0, 0.05) is 42.1 Å². The number of benzene rings is 1. The van der Waals surface area contributed by atoms with Crippen LogP contribution in [-0.2, 0) is 9.47 Å². The van der Waals surface area contributed by atoms with Gasteiger partial charge in [-0.2, -0.15) is 0 Å². The molecule has 0 spiro atoms. The molecule has 0 bridgehead atoms. The summed E-state index contributed by atoms with van der Waals surface area (Å²) in [6.45, 7) is 2.93. The minimum Gasteiger partial charge on any atom is -0.385 e. The second-order valence-electron chi connectivity index (χ2n) is 3.51. The maximum absolute atomic E-state index is 5.85. The number of anilines is 1. The molecule has 0 aliphatic rings. The lowest BCUT2D eigenvalue weighted by Gasteiger charge is -2.09. The van der Waals surface area contributed by atoms with Gasteiger partial charge < -0.3 is 14.8 Å².